The molecule has 2 atom stereocenters. The van der Waals surface area contributed by atoms with Gasteiger partial charge in [0, 0.05) is 17.9 Å². The van der Waals surface area contributed by atoms with Gasteiger partial charge in [-0.05, 0) is 48.6 Å². The molecule has 8 heteroatoms. The molecule has 178 valence electrons. The molecule has 3 aromatic rings. The summed E-state index contributed by atoms with van der Waals surface area (Å²) in [5.74, 6) is 0.577. The maximum absolute atomic E-state index is 13.3. The number of ether oxygens (including phenoxy) is 1. The van der Waals surface area contributed by atoms with Crippen molar-refractivity contribution in [3.8, 4) is 11.3 Å². The molecular formula is C26H31N5O3. The number of amides is 2. The third-order valence-corrected chi connectivity index (χ3v) is 6.10. The molecule has 3 N–H and O–H groups in total. The molecule has 0 saturated carbocycles. The van der Waals surface area contributed by atoms with Crippen LogP contribution in [0.2, 0.25) is 0 Å². The second kappa shape index (κ2) is 10.4. The number of aromatic amines is 1. The van der Waals surface area contributed by atoms with Crippen LogP contribution in [-0.2, 0) is 9.53 Å². The first kappa shape index (κ1) is 23.4. The van der Waals surface area contributed by atoms with Crippen LogP contribution in [0.4, 0.5) is 16.2 Å². The van der Waals surface area contributed by atoms with E-state index in [0.717, 1.165) is 41.3 Å². The second-order valence-electron chi connectivity index (χ2n) is 8.80. The highest BCUT2D eigenvalue weighted by Crippen LogP contribution is 2.33. The number of imidazole rings is 1. The lowest BCUT2D eigenvalue weighted by molar-refractivity contribution is -0.135. The molecule has 0 bridgehead atoms. The summed E-state index contributed by atoms with van der Waals surface area (Å²) in [4.78, 5) is 34.9. The summed E-state index contributed by atoms with van der Waals surface area (Å²) < 4.78 is 4.71. The van der Waals surface area contributed by atoms with Crippen LogP contribution in [0, 0.1) is 5.92 Å². The van der Waals surface area contributed by atoms with Gasteiger partial charge in [0.1, 0.15) is 11.9 Å². The third kappa shape index (κ3) is 5.22. The Morgan fingerprint density at radius 2 is 1.79 bits per heavy atom. The van der Waals surface area contributed by atoms with E-state index < -0.39 is 12.1 Å². The van der Waals surface area contributed by atoms with E-state index in [4.69, 9.17) is 4.74 Å². The van der Waals surface area contributed by atoms with E-state index in [1.165, 1.54) is 7.11 Å². The number of carbonyl (C=O) groups excluding carboxylic acids is 2. The lowest BCUT2D eigenvalue weighted by Gasteiger charge is -2.30. The monoisotopic (exact) mass is 461 g/mol. The fourth-order valence-corrected chi connectivity index (χ4v) is 4.27. The number of likely N-dealkylation sites (tertiary alicyclic amines) is 1. The van der Waals surface area contributed by atoms with Crippen molar-refractivity contribution >= 4 is 23.4 Å². The standard InChI is InChI=1S/C26H31N5O3/c1-17(2)23(30-26(33)34-3)25(32)31-15-7-10-22(31)24-27-16-21(29-24)18-11-13-20(14-12-18)28-19-8-5-4-6-9-19/h4-6,8-9,11-14,16-17,22-23,28H,7,10,15H2,1-3H3,(H,27,29)(H,30,33)/t22-,23-/m0/s1. The number of alkyl carbamates (subject to hydrolysis) is 1. The highest BCUT2D eigenvalue weighted by atomic mass is 16.5. The maximum Gasteiger partial charge on any atom is 0.407 e. The summed E-state index contributed by atoms with van der Waals surface area (Å²) in [6.45, 7) is 4.45. The van der Waals surface area contributed by atoms with Crippen LogP contribution in [0.5, 0.6) is 0 Å². The molecule has 1 aliphatic heterocycles. The van der Waals surface area contributed by atoms with Gasteiger partial charge < -0.3 is 25.3 Å². The van der Waals surface area contributed by atoms with Crippen molar-refractivity contribution in [1.82, 2.24) is 20.2 Å². The predicted octanol–water partition coefficient (Wildman–Crippen LogP) is 4.86. The number of nitrogens with zero attached hydrogens (tertiary/aromatic N) is 2. The minimum atomic E-state index is -0.646. The first-order valence-corrected chi connectivity index (χ1v) is 11.6. The van der Waals surface area contributed by atoms with Crippen LogP contribution >= 0.6 is 0 Å². The molecule has 8 nitrogen and oxygen atoms in total. The minimum absolute atomic E-state index is 0.0666. The Labute approximate surface area is 199 Å². The maximum atomic E-state index is 13.3. The topological polar surface area (TPSA) is 99.3 Å². The Balaban J connectivity index is 1.47. The third-order valence-electron chi connectivity index (χ3n) is 6.10. The van der Waals surface area contributed by atoms with Crippen molar-refractivity contribution in [2.24, 2.45) is 5.92 Å². The van der Waals surface area contributed by atoms with E-state index in [9.17, 15) is 9.59 Å². The number of rotatable bonds is 7. The largest absolute Gasteiger partial charge is 0.453 e. The van der Waals surface area contributed by atoms with Gasteiger partial charge in [-0.25, -0.2) is 9.78 Å². The molecule has 2 amide bonds. The average molecular weight is 462 g/mol. The SMILES string of the molecule is COC(=O)N[C@H](C(=O)N1CCC[C@H]1c1ncc(-c2ccc(Nc3ccccc3)cc2)[nH]1)C(C)C. The fraction of sp³-hybridized carbons (Fsp3) is 0.346. The molecule has 0 unspecified atom stereocenters. The van der Waals surface area contributed by atoms with Crippen LogP contribution in [0.3, 0.4) is 0 Å². The van der Waals surface area contributed by atoms with Gasteiger partial charge in [0.25, 0.3) is 0 Å². The summed E-state index contributed by atoms with van der Waals surface area (Å²) in [5.41, 5.74) is 3.95. The zero-order valence-electron chi connectivity index (χ0n) is 19.7. The quantitative estimate of drug-likeness (QED) is 0.466. The van der Waals surface area contributed by atoms with Crippen molar-refractivity contribution in [3.05, 3.63) is 66.6 Å². The Morgan fingerprint density at radius 3 is 2.47 bits per heavy atom. The number of H-pyrrole nitrogens is 1. The molecule has 1 aromatic heterocycles. The predicted molar refractivity (Wildman–Crippen MR) is 132 cm³/mol. The summed E-state index contributed by atoms with van der Waals surface area (Å²) in [6, 6.07) is 17.4. The van der Waals surface area contributed by atoms with Gasteiger partial charge in [0.15, 0.2) is 0 Å². The van der Waals surface area contributed by atoms with Gasteiger partial charge in [-0.15, -0.1) is 0 Å². The van der Waals surface area contributed by atoms with Gasteiger partial charge >= 0.3 is 6.09 Å². The number of carbonyl (C=O) groups is 2. The Bertz CT molecular complexity index is 1110. The van der Waals surface area contributed by atoms with Gasteiger partial charge in [-0.3, -0.25) is 4.79 Å². The first-order chi connectivity index (χ1) is 16.5. The first-order valence-electron chi connectivity index (χ1n) is 11.6. The smallest absolute Gasteiger partial charge is 0.407 e. The van der Waals surface area contributed by atoms with E-state index in [1.807, 2.05) is 79.5 Å². The van der Waals surface area contributed by atoms with E-state index in [1.54, 1.807) is 0 Å². The van der Waals surface area contributed by atoms with Crippen LogP contribution in [-0.4, -0.2) is 46.6 Å². The molecule has 2 heterocycles. The molecule has 1 aliphatic rings. The molecule has 2 aromatic carbocycles. The Kier molecular flexibility index (Phi) is 7.15. The van der Waals surface area contributed by atoms with Crippen LogP contribution in [0.15, 0.2) is 60.8 Å². The molecule has 4 rings (SSSR count). The normalized spacial score (nSPS) is 16.4. The zero-order chi connectivity index (χ0) is 24.1. The van der Waals surface area contributed by atoms with Crippen molar-refractivity contribution in [1.29, 1.82) is 0 Å². The van der Waals surface area contributed by atoms with E-state index in [0.29, 0.717) is 6.54 Å². The summed E-state index contributed by atoms with van der Waals surface area (Å²) >= 11 is 0. The van der Waals surface area contributed by atoms with E-state index >= 15 is 0 Å². The number of para-hydroxylation sites is 1. The van der Waals surface area contributed by atoms with Gasteiger partial charge in [-0.2, -0.15) is 0 Å². The number of hydrogen-bond donors (Lipinski definition) is 3. The summed E-state index contributed by atoms with van der Waals surface area (Å²) in [5, 5.41) is 6.06. The summed E-state index contributed by atoms with van der Waals surface area (Å²) in [7, 11) is 1.30. The van der Waals surface area contributed by atoms with Gasteiger partial charge in [0.2, 0.25) is 5.91 Å². The van der Waals surface area contributed by atoms with E-state index in [2.05, 4.69) is 20.6 Å². The fourth-order valence-electron chi connectivity index (χ4n) is 4.27. The lowest BCUT2D eigenvalue weighted by atomic mass is 10.0. The molecule has 0 aliphatic carbocycles. The highest BCUT2D eigenvalue weighted by molar-refractivity contribution is 5.86. The Hall–Kier alpha value is -3.81. The van der Waals surface area contributed by atoms with Crippen LogP contribution in [0.25, 0.3) is 11.3 Å². The summed E-state index contributed by atoms with van der Waals surface area (Å²) in [6.07, 6.45) is 2.91. The van der Waals surface area contributed by atoms with Crippen molar-refractivity contribution < 1.29 is 14.3 Å². The molecule has 0 spiro atoms. The van der Waals surface area contributed by atoms with Crippen LogP contribution < -0.4 is 10.6 Å². The van der Waals surface area contributed by atoms with Gasteiger partial charge in [0.05, 0.1) is 25.0 Å². The van der Waals surface area contributed by atoms with E-state index in [-0.39, 0.29) is 17.9 Å². The average Bonchev–Trinajstić information content (AvgIpc) is 3.53. The van der Waals surface area contributed by atoms with Crippen LogP contribution in [0.1, 0.15) is 38.6 Å². The lowest BCUT2D eigenvalue weighted by Crippen LogP contribution is -2.51. The number of hydrogen-bond acceptors (Lipinski definition) is 5. The minimum Gasteiger partial charge on any atom is -0.453 e. The molecule has 0 radical (unpaired) electrons. The Morgan fingerprint density at radius 1 is 1.09 bits per heavy atom. The number of methoxy groups -OCH3 is 1. The van der Waals surface area contributed by atoms with Crippen molar-refractivity contribution in [2.45, 2.75) is 38.8 Å². The number of anilines is 2. The number of nitrogens with one attached hydrogen (secondary N) is 3. The molecule has 1 fully saturated rings. The number of benzene rings is 2. The highest BCUT2D eigenvalue weighted by Gasteiger charge is 2.37. The molecule has 1 saturated heterocycles. The van der Waals surface area contributed by atoms with Crippen molar-refractivity contribution in [3.63, 3.8) is 0 Å². The molecule has 34 heavy (non-hydrogen) atoms. The van der Waals surface area contributed by atoms with Crippen molar-refractivity contribution in [2.75, 3.05) is 19.0 Å². The molecular weight excluding hydrogens is 430 g/mol. The second-order valence-corrected chi connectivity index (χ2v) is 8.80. The zero-order valence-corrected chi connectivity index (χ0v) is 19.7. The number of aromatic nitrogens is 2. The van der Waals surface area contributed by atoms with Gasteiger partial charge in [-0.1, -0.05) is 44.2 Å².